The Morgan fingerprint density at radius 3 is 2.35 bits per heavy atom. The maximum absolute atomic E-state index is 6.06. The van der Waals surface area contributed by atoms with E-state index in [0.29, 0.717) is 5.69 Å². The van der Waals surface area contributed by atoms with Crippen molar-refractivity contribution < 1.29 is 9.47 Å². The molecular weight excluding hydrogens is 252 g/mol. The third-order valence-corrected chi connectivity index (χ3v) is 3.20. The van der Waals surface area contributed by atoms with Crippen molar-refractivity contribution in [1.82, 2.24) is 0 Å². The first-order valence-electron chi connectivity index (χ1n) is 6.41. The molecule has 0 aliphatic rings. The molecule has 4 nitrogen and oxygen atoms in total. The summed E-state index contributed by atoms with van der Waals surface area (Å²) in [7, 11) is 5.32. The maximum atomic E-state index is 6.06. The predicted octanol–water partition coefficient (Wildman–Crippen LogP) is 2.92. The minimum absolute atomic E-state index is 0.703. The van der Waals surface area contributed by atoms with Crippen LogP contribution in [-0.4, -0.2) is 21.3 Å². The molecule has 0 aliphatic carbocycles. The minimum Gasteiger partial charge on any atom is -0.497 e. The second-order valence-electron chi connectivity index (χ2n) is 4.63. The molecule has 0 spiro atoms. The summed E-state index contributed by atoms with van der Waals surface area (Å²) < 4.78 is 10.4. The van der Waals surface area contributed by atoms with Gasteiger partial charge in [0, 0.05) is 19.7 Å². The van der Waals surface area contributed by atoms with Crippen LogP contribution < -0.4 is 20.1 Å². The van der Waals surface area contributed by atoms with Crippen LogP contribution in [0.5, 0.6) is 11.5 Å². The lowest BCUT2D eigenvalue weighted by Gasteiger charge is -2.21. The van der Waals surface area contributed by atoms with E-state index in [9.17, 15) is 0 Å². The Morgan fingerprint density at radius 2 is 1.70 bits per heavy atom. The average Bonchev–Trinajstić information content (AvgIpc) is 2.47. The van der Waals surface area contributed by atoms with Gasteiger partial charge in [-0.3, -0.25) is 0 Å². The molecule has 0 bridgehead atoms. The van der Waals surface area contributed by atoms with E-state index in [0.717, 1.165) is 23.7 Å². The van der Waals surface area contributed by atoms with Gasteiger partial charge in [0.1, 0.15) is 11.5 Å². The molecule has 2 aromatic carbocycles. The maximum Gasteiger partial charge on any atom is 0.121 e. The number of nitrogens with zero attached hydrogens (tertiary/aromatic N) is 1. The van der Waals surface area contributed by atoms with Crippen molar-refractivity contribution in [2.45, 2.75) is 6.54 Å². The number of nitrogens with two attached hydrogens (primary N) is 1. The van der Waals surface area contributed by atoms with E-state index in [1.165, 1.54) is 5.56 Å². The standard InChI is InChI=1S/C16H20N2O2/c1-18(11-12-5-4-6-13(9-12)19-2)16-8-7-14(20-3)10-15(16)17/h4-10H,11,17H2,1-3H3. The van der Waals surface area contributed by atoms with Gasteiger partial charge >= 0.3 is 0 Å². The number of anilines is 2. The Morgan fingerprint density at radius 1 is 1.00 bits per heavy atom. The molecule has 2 N–H and O–H groups in total. The molecule has 2 aromatic rings. The molecule has 0 saturated carbocycles. The van der Waals surface area contributed by atoms with Crippen LogP contribution in [0.15, 0.2) is 42.5 Å². The zero-order valence-electron chi connectivity index (χ0n) is 12.1. The molecule has 0 atom stereocenters. The van der Waals surface area contributed by atoms with Crippen molar-refractivity contribution in [1.29, 1.82) is 0 Å². The van der Waals surface area contributed by atoms with Gasteiger partial charge in [0.05, 0.1) is 25.6 Å². The van der Waals surface area contributed by atoms with Gasteiger partial charge in [0.15, 0.2) is 0 Å². The molecule has 0 amide bonds. The van der Waals surface area contributed by atoms with Crippen LogP contribution in [-0.2, 0) is 6.54 Å². The van der Waals surface area contributed by atoms with Gasteiger partial charge in [-0.25, -0.2) is 0 Å². The minimum atomic E-state index is 0.703. The summed E-state index contributed by atoms with van der Waals surface area (Å²) in [6.07, 6.45) is 0. The molecule has 0 unspecified atom stereocenters. The fraction of sp³-hybridized carbons (Fsp3) is 0.250. The SMILES string of the molecule is COc1cccc(CN(C)c2ccc(OC)cc2N)c1. The van der Waals surface area contributed by atoms with E-state index in [4.69, 9.17) is 15.2 Å². The summed E-state index contributed by atoms with van der Waals surface area (Å²) in [5.41, 5.74) is 8.91. The summed E-state index contributed by atoms with van der Waals surface area (Å²) in [5.74, 6) is 1.62. The summed E-state index contributed by atoms with van der Waals surface area (Å²) in [6.45, 7) is 0.758. The van der Waals surface area contributed by atoms with Crippen molar-refractivity contribution in [2.75, 3.05) is 31.9 Å². The van der Waals surface area contributed by atoms with Crippen molar-refractivity contribution in [3.63, 3.8) is 0 Å². The number of nitrogen functional groups attached to an aromatic ring is 1. The number of methoxy groups -OCH3 is 2. The first-order chi connectivity index (χ1) is 9.63. The zero-order valence-corrected chi connectivity index (χ0v) is 12.1. The normalized spacial score (nSPS) is 10.2. The molecule has 0 heterocycles. The van der Waals surface area contributed by atoms with Crippen LogP contribution in [0.4, 0.5) is 11.4 Å². The molecule has 2 rings (SSSR count). The predicted molar refractivity (Wildman–Crippen MR) is 82.5 cm³/mol. The van der Waals surface area contributed by atoms with Gasteiger partial charge in [-0.1, -0.05) is 12.1 Å². The molecule has 0 radical (unpaired) electrons. The number of hydrogen-bond donors (Lipinski definition) is 1. The van der Waals surface area contributed by atoms with Crippen molar-refractivity contribution in [3.05, 3.63) is 48.0 Å². The highest BCUT2D eigenvalue weighted by Crippen LogP contribution is 2.28. The van der Waals surface area contributed by atoms with Crippen LogP contribution in [0.3, 0.4) is 0 Å². The summed E-state index contributed by atoms with van der Waals surface area (Å²) in [4.78, 5) is 2.10. The van der Waals surface area contributed by atoms with Crippen LogP contribution >= 0.6 is 0 Å². The largest absolute Gasteiger partial charge is 0.497 e. The molecule has 106 valence electrons. The fourth-order valence-corrected chi connectivity index (χ4v) is 2.14. The molecule has 0 fully saturated rings. The van der Waals surface area contributed by atoms with E-state index in [2.05, 4.69) is 11.0 Å². The van der Waals surface area contributed by atoms with Crippen molar-refractivity contribution in [3.8, 4) is 11.5 Å². The lowest BCUT2D eigenvalue weighted by Crippen LogP contribution is -2.17. The fourth-order valence-electron chi connectivity index (χ4n) is 2.14. The Bertz CT molecular complexity index is 584. The van der Waals surface area contributed by atoms with Crippen LogP contribution in [0, 0.1) is 0 Å². The third kappa shape index (κ3) is 3.15. The Hall–Kier alpha value is -2.36. The lowest BCUT2D eigenvalue weighted by molar-refractivity contribution is 0.414. The van der Waals surface area contributed by atoms with E-state index in [1.807, 2.05) is 43.4 Å². The van der Waals surface area contributed by atoms with Gasteiger partial charge in [0.25, 0.3) is 0 Å². The molecule has 4 heteroatoms. The van der Waals surface area contributed by atoms with Crippen molar-refractivity contribution >= 4 is 11.4 Å². The second kappa shape index (κ2) is 6.19. The first-order valence-corrected chi connectivity index (χ1v) is 6.41. The van der Waals surface area contributed by atoms with Gasteiger partial charge in [0.2, 0.25) is 0 Å². The molecule has 20 heavy (non-hydrogen) atoms. The van der Waals surface area contributed by atoms with Crippen LogP contribution in [0.1, 0.15) is 5.56 Å². The van der Waals surface area contributed by atoms with E-state index in [1.54, 1.807) is 14.2 Å². The van der Waals surface area contributed by atoms with Gasteiger partial charge in [-0.15, -0.1) is 0 Å². The van der Waals surface area contributed by atoms with Gasteiger partial charge in [-0.2, -0.15) is 0 Å². The second-order valence-corrected chi connectivity index (χ2v) is 4.63. The third-order valence-electron chi connectivity index (χ3n) is 3.20. The van der Waals surface area contributed by atoms with Crippen molar-refractivity contribution in [2.24, 2.45) is 0 Å². The highest BCUT2D eigenvalue weighted by Gasteiger charge is 2.07. The zero-order chi connectivity index (χ0) is 14.5. The van der Waals surface area contributed by atoms with Gasteiger partial charge in [-0.05, 0) is 29.8 Å². The lowest BCUT2D eigenvalue weighted by atomic mass is 10.2. The highest BCUT2D eigenvalue weighted by atomic mass is 16.5. The topological polar surface area (TPSA) is 47.7 Å². The molecule has 0 aliphatic heterocycles. The molecular formula is C16H20N2O2. The number of ether oxygens (including phenoxy) is 2. The smallest absolute Gasteiger partial charge is 0.121 e. The number of rotatable bonds is 5. The highest BCUT2D eigenvalue weighted by molar-refractivity contribution is 5.69. The number of hydrogen-bond acceptors (Lipinski definition) is 4. The van der Waals surface area contributed by atoms with Crippen LogP contribution in [0.2, 0.25) is 0 Å². The molecule has 0 aromatic heterocycles. The molecule has 0 saturated heterocycles. The summed E-state index contributed by atoms with van der Waals surface area (Å²) >= 11 is 0. The Balaban J connectivity index is 2.16. The van der Waals surface area contributed by atoms with E-state index in [-0.39, 0.29) is 0 Å². The number of benzene rings is 2. The monoisotopic (exact) mass is 272 g/mol. The summed E-state index contributed by atoms with van der Waals surface area (Å²) in [5, 5.41) is 0. The van der Waals surface area contributed by atoms with E-state index >= 15 is 0 Å². The van der Waals surface area contributed by atoms with Crippen LogP contribution in [0.25, 0.3) is 0 Å². The van der Waals surface area contributed by atoms with Gasteiger partial charge < -0.3 is 20.1 Å². The Kier molecular flexibility index (Phi) is 4.35. The average molecular weight is 272 g/mol. The quantitative estimate of drug-likeness (QED) is 0.850. The Labute approximate surface area is 119 Å². The first kappa shape index (κ1) is 14.1. The summed E-state index contributed by atoms with van der Waals surface area (Å²) in [6, 6.07) is 13.7. The van der Waals surface area contributed by atoms with E-state index < -0.39 is 0 Å².